The van der Waals surface area contributed by atoms with Crippen molar-refractivity contribution >= 4 is 27.6 Å². The average Bonchev–Trinajstić information content (AvgIpc) is 2.53. The summed E-state index contributed by atoms with van der Waals surface area (Å²) in [5.41, 5.74) is 3.29. The molecule has 0 bridgehead atoms. The normalized spacial score (nSPS) is 11.1. The number of anilines is 1. The number of hydrogen-bond acceptors (Lipinski definition) is 4. The molecule has 0 aliphatic carbocycles. The number of carboxylic acids is 1. The molecular formula is C19H22N2O5S. The van der Waals surface area contributed by atoms with E-state index in [1.54, 1.807) is 39.0 Å². The first-order valence-corrected chi connectivity index (χ1v) is 9.71. The van der Waals surface area contributed by atoms with Gasteiger partial charge in [0.25, 0.3) is 15.9 Å². The Morgan fingerprint density at radius 3 is 2.11 bits per heavy atom. The van der Waals surface area contributed by atoms with Crippen LogP contribution >= 0.6 is 0 Å². The number of benzene rings is 2. The van der Waals surface area contributed by atoms with E-state index in [9.17, 15) is 18.0 Å². The van der Waals surface area contributed by atoms with E-state index in [1.807, 2.05) is 6.92 Å². The highest BCUT2D eigenvalue weighted by molar-refractivity contribution is 7.92. The maximum absolute atomic E-state index is 12.9. The van der Waals surface area contributed by atoms with Crippen molar-refractivity contribution in [3.63, 3.8) is 0 Å². The molecule has 144 valence electrons. The molecule has 0 atom stereocenters. The fraction of sp³-hybridized carbons (Fsp3) is 0.263. The Bertz CT molecular complexity index is 990. The van der Waals surface area contributed by atoms with Crippen molar-refractivity contribution in [2.45, 2.75) is 32.6 Å². The smallest absolute Gasteiger partial charge is 0.322 e. The molecule has 7 nitrogen and oxygen atoms in total. The molecule has 0 saturated carbocycles. The largest absolute Gasteiger partial charge is 0.480 e. The van der Waals surface area contributed by atoms with Crippen LogP contribution in [-0.4, -0.2) is 31.9 Å². The molecule has 0 fully saturated rings. The lowest BCUT2D eigenvalue weighted by Crippen LogP contribution is -2.29. The van der Waals surface area contributed by atoms with Gasteiger partial charge >= 0.3 is 5.97 Å². The SMILES string of the molecule is Cc1cc(C)c(S(=O)(=O)Nc2cc(C(=O)NCC(=O)O)ccc2C)c(C)c1. The number of carbonyl (C=O) groups excluding carboxylic acids is 1. The summed E-state index contributed by atoms with van der Waals surface area (Å²) in [6, 6.07) is 8.09. The van der Waals surface area contributed by atoms with E-state index in [1.165, 1.54) is 12.1 Å². The standard InChI is InChI=1S/C19H22N2O5S/c1-11-7-13(3)18(14(4)8-11)27(25,26)21-16-9-15(6-5-12(16)2)19(24)20-10-17(22)23/h5-9,21H,10H2,1-4H3,(H,20,24)(H,22,23). The fourth-order valence-electron chi connectivity index (χ4n) is 2.92. The Labute approximate surface area is 158 Å². The van der Waals surface area contributed by atoms with Crippen LogP contribution in [-0.2, 0) is 14.8 Å². The topological polar surface area (TPSA) is 113 Å². The highest BCUT2D eigenvalue weighted by atomic mass is 32.2. The molecule has 2 rings (SSSR count). The summed E-state index contributed by atoms with van der Waals surface area (Å²) < 4.78 is 28.4. The van der Waals surface area contributed by atoms with Gasteiger partial charge in [0, 0.05) is 5.56 Å². The molecular weight excluding hydrogens is 368 g/mol. The van der Waals surface area contributed by atoms with Gasteiger partial charge in [0.2, 0.25) is 0 Å². The summed E-state index contributed by atoms with van der Waals surface area (Å²) in [5, 5.41) is 10.9. The van der Waals surface area contributed by atoms with E-state index in [0.29, 0.717) is 16.7 Å². The van der Waals surface area contributed by atoms with Crippen LogP contribution in [0.1, 0.15) is 32.6 Å². The molecule has 2 aromatic rings. The summed E-state index contributed by atoms with van der Waals surface area (Å²) in [6.07, 6.45) is 0. The lowest BCUT2D eigenvalue weighted by atomic mass is 10.1. The molecule has 0 heterocycles. The summed E-state index contributed by atoms with van der Waals surface area (Å²) in [6.45, 7) is 6.56. The van der Waals surface area contributed by atoms with Gasteiger partial charge in [-0.25, -0.2) is 8.42 Å². The molecule has 0 unspecified atom stereocenters. The second kappa shape index (κ2) is 7.79. The number of carbonyl (C=O) groups is 2. The van der Waals surface area contributed by atoms with Gasteiger partial charge in [0.15, 0.2) is 0 Å². The third kappa shape index (κ3) is 4.85. The average molecular weight is 390 g/mol. The molecule has 1 amide bonds. The minimum atomic E-state index is -3.86. The van der Waals surface area contributed by atoms with Gasteiger partial charge in [-0.2, -0.15) is 0 Å². The summed E-state index contributed by atoms with van der Waals surface area (Å²) in [4.78, 5) is 22.8. The van der Waals surface area contributed by atoms with Crippen molar-refractivity contribution in [2.24, 2.45) is 0 Å². The highest BCUT2D eigenvalue weighted by Crippen LogP contribution is 2.26. The van der Waals surface area contributed by atoms with Crippen LogP contribution in [0.2, 0.25) is 0 Å². The van der Waals surface area contributed by atoms with Gasteiger partial charge in [-0.3, -0.25) is 14.3 Å². The van der Waals surface area contributed by atoms with Crippen LogP contribution in [0.4, 0.5) is 5.69 Å². The Morgan fingerprint density at radius 1 is 0.963 bits per heavy atom. The number of aryl methyl sites for hydroxylation is 4. The minimum Gasteiger partial charge on any atom is -0.480 e. The molecule has 27 heavy (non-hydrogen) atoms. The monoisotopic (exact) mass is 390 g/mol. The van der Waals surface area contributed by atoms with E-state index in [-0.39, 0.29) is 16.1 Å². The molecule has 3 N–H and O–H groups in total. The van der Waals surface area contributed by atoms with Gasteiger partial charge in [-0.1, -0.05) is 23.8 Å². The maximum atomic E-state index is 12.9. The van der Waals surface area contributed by atoms with Crippen molar-refractivity contribution in [3.05, 3.63) is 58.1 Å². The van der Waals surface area contributed by atoms with Gasteiger partial charge < -0.3 is 10.4 Å². The zero-order valence-electron chi connectivity index (χ0n) is 15.6. The molecule has 0 aromatic heterocycles. The highest BCUT2D eigenvalue weighted by Gasteiger charge is 2.21. The number of sulfonamides is 1. The first-order valence-electron chi connectivity index (χ1n) is 8.22. The predicted octanol–water partition coefficient (Wildman–Crippen LogP) is 2.54. The van der Waals surface area contributed by atoms with Crippen LogP contribution in [0.5, 0.6) is 0 Å². The van der Waals surface area contributed by atoms with Crippen molar-refractivity contribution in [1.29, 1.82) is 0 Å². The van der Waals surface area contributed by atoms with Crippen LogP contribution in [0.3, 0.4) is 0 Å². The Hall–Kier alpha value is -2.87. The zero-order valence-corrected chi connectivity index (χ0v) is 16.4. The van der Waals surface area contributed by atoms with Crippen LogP contribution < -0.4 is 10.0 Å². The molecule has 0 spiro atoms. The lowest BCUT2D eigenvalue weighted by molar-refractivity contribution is -0.135. The molecule has 0 saturated heterocycles. The van der Waals surface area contributed by atoms with Crippen molar-refractivity contribution in [3.8, 4) is 0 Å². The second-order valence-electron chi connectivity index (χ2n) is 6.44. The van der Waals surface area contributed by atoms with Crippen LogP contribution in [0.25, 0.3) is 0 Å². The summed E-state index contributed by atoms with van der Waals surface area (Å²) in [7, 11) is -3.86. The number of aliphatic carboxylic acids is 1. The number of nitrogens with one attached hydrogen (secondary N) is 2. The van der Waals surface area contributed by atoms with E-state index >= 15 is 0 Å². The number of hydrogen-bond donors (Lipinski definition) is 3. The van der Waals surface area contributed by atoms with E-state index in [4.69, 9.17) is 5.11 Å². The predicted molar refractivity (Wildman–Crippen MR) is 103 cm³/mol. The second-order valence-corrected chi connectivity index (χ2v) is 8.06. The van der Waals surface area contributed by atoms with Crippen LogP contribution in [0.15, 0.2) is 35.2 Å². The van der Waals surface area contributed by atoms with Gasteiger partial charge in [0.1, 0.15) is 6.54 Å². The van der Waals surface area contributed by atoms with Crippen molar-refractivity contribution in [2.75, 3.05) is 11.3 Å². The maximum Gasteiger partial charge on any atom is 0.322 e. The third-order valence-electron chi connectivity index (χ3n) is 4.02. The fourth-order valence-corrected chi connectivity index (χ4v) is 4.49. The van der Waals surface area contributed by atoms with Gasteiger partial charge in [-0.15, -0.1) is 0 Å². The molecule has 2 aromatic carbocycles. The quantitative estimate of drug-likeness (QED) is 0.702. The summed E-state index contributed by atoms with van der Waals surface area (Å²) in [5.74, 6) is -1.76. The van der Waals surface area contributed by atoms with Crippen LogP contribution in [0, 0.1) is 27.7 Å². The minimum absolute atomic E-state index is 0.164. The lowest BCUT2D eigenvalue weighted by Gasteiger charge is -2.16. The van der Waals surface area contributed by atoms with Crippen molar-refractivity contribution < 1.29 is 23.1 Å². The zero-order chi connectivity index (χ0) is 20.4. The molecule has 0 aliphatic heterocycles. The third-order valence-corrected chi connectivity index (χ3v) is 5.69. The van der Waals surface area contributed by atoms with E-state index in [2.05, 4.69) is 10.0 Å². The molecule has 0 aliphatic rings. The van der Waals surface area contributed by atoms with Gasteiger partial charge in [-0.05, 0) is 56.5 Å². The number of amides is 1. The Morgan fingerprint density at radius 2 is 1.56 bits per heavy atom. The van der Waals surface area contributed by atoms with Gasteiger partial charge in [0.05, 0.1) is 10.6 Å². The number of rotatable bonds is 6. The molecule has 8 heteroatoms. The Kier molecular flexibility index (Phi) is 5.90. The molecule has 0 radical (unpaired) electrons. The Balaban J connectivity index is 2.38. The first-order chi connectivity index (χ1) is 12.5. The number of carboxylic acid groups (broad SMARTS) is 1. The van der Waals surface area contributed by atoms with Crippen molar-refractivity contribution in [1.82, 2.24) is 5.32 Å². The van der Waals surface area contributed by atoms with E-state index in [0.717, 1.165) is 5.56 Å². The van der Waals surface area contributed by atoms with E-state index < -0.39 is 28.4 Å². The summed E-state index contributed by atoms with van der Waals surface area (Å²) >= 11 is 0. The first kappa shape index (κ1) is 20.4.